The van der Waals surface area contributed by atoms with E-state index < -0.39 is 0 Å². The Morgan fingerprint density at radius 3 is 2.00 bits per heavy atom. The van der Waals surface area contributed by atoms with Crippen molar-refractivity contribution in [3.05, 3.63) is 76.8 Å². The number of rotatable bonds is 4. The van der Waals surface area contributed by atoms with Crippen molar-refractivity contribution in [2.75, 3.05) is 0 Å². The summed E-state index contributed by atoms with van der Waals surface area (Å²) in [5.74, 6) is 2.12. The lowest BCUT2D eigenvalue weighted by atomic mass is 9.66. The Morgan fingerprint density at radius 1 is 0.900 bits per heavy atom. The van der Waals surface area contributed by atoms with E-state index in [1.165, 1.54) is 27.7 Å². The summed E-state index contributed by atoms with van der Waals surface area (Å²) >= 11 is 0. The quantitative estimate of drug-likeness (QED) is 0.720. The van der Waals surface area contributed by atoms with Crippen LogP contribution in [0.25, 0.3) is 12.2 Å². The average molecular weight is 259 g/mol. The molecule has 0 atom stereocenters. The fourth-order valence-electron chi connectivity index (χ4n) is 2.45. The molecule has 1 radical (unpaired) electrons. The molecule has 0 spiro atoms. The largest absolute Gasteiger partial charge is 0.182 e. The van der Waals surface area contributed by atoms with Gasteiger partial charge in [-0.15, -0.1) is 5.98 Å². The van der Waals surface area contributed by atoms with Crippen LogP contribution in [0.4, 0.5) is 0 Å². The first kappa shape index (κ1) is 14.4. The highest BCUT2D eigenvalue weighted by Crippen LogP contribution is 2.08. The third kappa shape index (κ3) is 3.51. The van der Waals surface area contributed by atoms with Gasteiger partial charge in [0.25, 0.3) is 0 Å². The van der Waals surface area contributed by atoms with Crippen LogP contribution < -0.4 is 5.46 Å². The Balaban J connectivity index is 2.11. The van der Waals surface area contributed by atoms with Crippen molar-refractivity contribution in [2.45, 2.75) is 20.8 Å². The molecule has 0 aliphatic rings. The van der Waals surface area contributed by atoms with E-state index in [4.69, 9.17) is 0 Å². The van der Waals surface area contributed by atoms with Crippen LogP contribution in [-0.4, -0.2) is 7.28 Å². The van der Waals surface area contributed by atoms with E-state index in [0.29, 0.717) is 0 Å². The molecule has 1 heteroatoms. The van der Waals surface area contributed by atoms with Crippen LogP contribution in [0.2, 0.25) is 0 Å². The van der Waals surface area contributed by atoms with Crippen molar-refractivity contribution in [1.82, 2.24) is 0 Å². The van der Waals surface area contributed by atoms with Crippen LogP contribution in [0.1, 0.15) is 27.8 Å². The molecule has 99 valence electrons. The molecule has 0 heterocycles. The van der Waals surface area contributed by atoms with Crippen molar-refractivity contribution in [3.8, 4) is 0 Å². The van der Waals surface area contributed by atoms with E-state index in [1.807, 2.05) is 6.08 Å². The molecular weight excluding hydrogens is 239 g/mol. The monoisotopic (exact) mass is 259 g/mol. The summed E-state index contributed by atoms with van der Waals surface area (Å²) < 4.78 is 0. The van der Waals surface area contributed by atoms with Crippen LogP contribution in [0, 0.1) is 20.8 Å². The summed E-state index contributed by atoms with van der Waals surface area (Å²) in [6, 6.07) is 12.8. The summed E-state index contributed by atoms with van der Waals surface area (Å²) in [5.41, 5.74) is 7.64. The Hall–Kier alpha value is -2.02. The van der Waals surface area contributed by atoms with Gasteiger partial charge in [-0.25, -0.2) is 0 Å². The van der Waals surface area contributed by atoms with Crippen LogP contribution in [0.5, 0.6) is 0 Å². The number of benzene rings is 2. The minimum absolute atomic E-state index is 1.15. The van der Waals surface area contributed by atoms with Crippen molar-refractivity contribution in [3.63, 3.8) is 0 Å². The number of hydrogen-bond donors (Lipinski definition) is 0. The normalized spacial score (nSPS) is 10.8. The van der Waals surface area contributed by atoms with E-state index >= 15 is 0 Å². The molecule has 0 bridgehead atoms. The van der Waals surface area contributed by atoms with Crippen LogP contribution >= 0.6 is 0 Å². The topological polar surface area (TPSA) is 0 Å². The molecule has 0 amide bonds. The third-order valence-corrected chi connectivity index (χ3v) is 3.46. The summed E-state index contributed by atoms with van der Waals surface area (Å²) in [4.78, 5) is 0. The first-order valence-electron chi connectivity index (χ1n) is 6.92. The maximum atomic E-state index is 3.76. The zero-order valence-corrected chi connectivity index (χ0v) is 12.5. The molecule has 2 aromatic carbocycles. The number of hydrogen-bond acceptors (Lipinski definition) is 0. The first-order chi connectivity index (χ1) is 9.60. The van der Waals surface area contributed by atoms with E-state index in [1.54, 1.807) is 0 Å². The van der Waals surface area contributed by atoms with Crippen molar-refractivity contribution in [2.24, 2.45) is 0 Å². The van der Waals surface area contributed by atoms with Gasteiger partial charge in [-0.2, -0.15) is 0 Å². The van der Waals surface area contributed by atoms with Gasteiger partial charge in [0, 0.05) is 0 Å². The zero-order chi connectivity index (χ0) is 14.5. The highest BCUT2D eigenvalue weighted by molar-refractivity contribution is 6.60. The minimum atomic E-state index is 1.15. The van der Waals surface area contributed by atoms with E-state index in [2.05, 4.69) is 83.1 Å². The Bertz CT molecular complexity index is 610. The standard InChI is InChI=1S/C19H20B/c1-5-17-6-8-18(9-7-17)10-11-20-19-15(3)12-14(2)13-16(19)4/h5-13H,1H2,2-4H3/b11-10+. The van der Waals surface area contributed by atoms with Gasteiger partial charge in [0.1, 0.15) is 0 Å². The van der Waals surface area contributed by atoms with Gasteiger partial charge < -0.3 is 0 Å². The molecular formula is C19H20B. The molecule has 0 aromatic heterocycles. The van der Waals surface area contributed by atoms with Gasteiger partial charge in [0.15, 0.2) is 7.28 Å². The lowest BCUT2D eigenvalue weighted by Crippen LogP contribution is -2.19. The highest BCUT2D eigenvalue weighted by atomic mass is 14.0. The summed E-state index contributed by atoms with van der Waals surface area (Å²) in [7, 11) is 2.19. The molecule has 0 fully saturated rings. The molecule has 0 aliphatic heterocycles. The van der Waals surface area contributed by atoms with Crippen molar-refractivity contribution < 1.29 is 0 Å². The van der Waals surface area contributed by atoms with Gasteiger partial charge in [-0.05, 0) is 31.9 Å². The van der Waals surface area contributed by atoms with E-state index in [0.717, 1.165) is 5.56 Å². The predicted molar refractivity (Wildman–Crippen MR) is 91.6 cm³/mol. The second-order valence-electron chi connectivity index (χ2n) is 5.21. The maximum Gasteiger partial charge on any atom is 0.182 e. The Morgan fingerprint density at radius 2 is 1.45 bits per heavy atom. The van der Waals surface area contributed by atoms with Crippen molar-refractivity contribution in [1.29, 1.82) is 0 Å². The smallest absolute Gasteiger partial charge is 0.116 e. The zero-order valence-electron chi connectivity index (χ0n) is 12.5. The molecule has 0 unspecified atom stereocenters. The van der Waals surface area contributed by atoms with Gasteiger partial charge in [-0.3, -0.25) is 0 Å². The summed E-state index contributed by atoms with van der Waals surface area (Å²) in [6.07, 6.45) is 3.99. The fraction of sp³-hybridized carbons (Fsp3) is 0.158. The molecule has 0 saturated carbocycles. The summed E-state index contributed by atoms with van der Waals surface area (Å²) in [6.45, 7) is 10.2. The molecule has 0 aliphatic carbocycles. The predicted octanol–water partition coefficient (Wildman–Crippen LogP) is 4.26. The second-order valence-corrected chi connectivity index (χ2v) is 5.21. The van der Waals surface area contributed by atoms with Crippen molar-refractivity contribution >= 4 is 24.9 Å². The average Bonchev–Trinajstić information content (AvgIpc) is 2.42. The molecule has 2 rings (SSSR count). The molecule has 0 N–H and O–H groups in total. The van der Waals surface area contributed by atoms with Gasteiger partial charge >= 0.3 is 0 Å². The van der Waals surface area contributed by atoms with Crippen LogP contribution in [0.3, 0.4) is 0 Å². The Labute approximate surface area is 123 Å². The summed E-state index contributed by atoms with van der Waals surface area (Å²) in [5, 5.41) is 0. The molecule has 2 aromatic rings. The molecule has 0 saturated heterocycles. The molecule has 0 nitrogen and oxygen atoms in total. The second kappa shape index (κ2) is 6.43. The lowest BCUT2D eigenvalue weighted by molar-refractivity contribution is 1.35. The number of aryl methyl sites for hydroxylation is 3. The van der Waals surface area contributed by atoms with E-state index in [9.17, 15) is 0 Å². The van der Waals surface area contributed by atoms with Crippen LogP contribution in [0.15, 0.2) is 49.0 Å². The van der Waals surface area contributed by atoms with Crippen LogP contribution in [-0.2, 0) is 0 Å². The molecule has 20 heavy (non-hydrogen) atoms. The third-order valence-electron chi connectivity index (χ3n) is 3.46. The highest BCUT2D eigenvalue weighted by Gasteiger charge is 2.02. The maximum absolute atomic E-state index is 3.76. The van der Waals surface area contributed by atoms with Gasteiger partial charge in [-0.1, -0.05) is 77.3 Å². The fourth-order valence-corrected chi connectivity index (χ4v) is 2.45. The van der Waals surface area contributed by atoms with E-state index in [-0.39, 0.29) is 0 Å². The first-order valence-corrected chi connectivity index (χ1v) is 6.92. The SMILES string of the molecule is C=Cc1ccc(/C=C/[B]c2c(C)cc(C)cc2C)cc1. The van der Waals surface area contributed by atoms with Gasteiger partial charge in [0.2, 0.25) is 0 Å². The minimum Gasteiger partial charge on any atom is -0.116 e. The lowest BCUT2D eigenvalue weighted by Gasteiger charge is -2.08. The van der Waals surface area contributed by atoms with Gasteiger partial charge in [0.05, 0.1) is 0 Å². The Kier molecular flexibility index (Phi) is 4.63.